The molecule has 1 aromatic carbocycles. The van der Waals surface area contributed by atoms with E-state index in [-0.39, 0.29) is 24.4 Å². The topological polar surface area (TPSA) is 98.7 Å². The van der Waals surface area contributed by atoms with Crippen molar-refractivity contribution >= 4 is 23.5 Å². The molecule has 2 aliphatic rings. The van der Waals surface area contributed by atoms with E-state index in [4.69, 9.17) is 5.11 Å². The van der Waals surface area contributed by atoms with Crippen LogP contribution in [0.2, 0.25) is 0 Å². The number of carbonyl (C=O) groups is 3. The minimum atomic E-state index is -0.776. The maximum atomic E-state index is 11.8. The number of nitrogens with one attached hydrogen (secondary N) is 2. The van der Waals surface area contributed by atoms with Gasteiger partial charge < -0.3 is 10.4 Å². The first kappa shape index (κ1) is 17.4. The van der Waals surface area contributed by atoms with Crippen LogP contribution in [0.4, 0.5) is 5.69 Å². The molecule has 2 aliphatic heterocycles. The van der Waals surface area contributed by atoms with Gasteiger partial charge in [0.15, 0.2) is 0 Å². The molecule has 134 valence electrons. The Balaban J connectivity index is 1.53. The summed E-state index contributed by atoms with van der Waals surface area (Å²) in [5.74, 6) is -0.823. The summed E-state index contributed by atoms with van der Waals surface area (Å²) in [6.45, 7) is 1.71. The molecule has 2 amide bonds. The molecule has 25 heavy (non-hydrogen) atoms. The van der Waals surface area contributed by atoms with Gasteiger partial charge in [0.05, 0.1) is 6.54 Å². The lowest BCUT2D eigenvalue weighted by Crippen LogP contribution is -2.47. The predicted octanol–water partition coefficient (Wildman–Crippen LogP) is 1.17. The highest BCUT2D eigenvalue weighted by atomic mass is 16.4. The molecule has 3 N–H and O–H groups in total. The number of amides is 2. The average Bonchev–Trinajstić information content (AvgIpc) is 2.58. The molecular weight excluding hydrogens is 322 g/mol. The van der Waals surface area contributed by atoms with Crippen molar-refractivity contribution in [3.8, 4) is 0 Å². The van der Waals surface area contributed by atoms with E-state index in [2.05, 4.69) is 22.8 Å². The maximum Gasteiger partial charge on any atom is 0.317 e. The summed E-state index contributed by atoms with van der Waals surface area (Å²) in [6, 6.07) is 7.67. The number of aliphatic carboxylic acids is 1. The highest BCUT2D eigenvalue weighted by Gasteiger charge is 2.26. The number of likely N-dealkylation sites (tertiary alicyclic amines) is 1. The molecule has 0 radical (unpaired) electrons. The number of carboxylic acids is 1. The summed E-state index contributed by atoms with van der Waals surface area (Å²) in [5, 5.41) is 14.4. The lowest BCUT2D eigenvalue weighted by atomic mass is 9.89. The number of piperidine rings is 2. The Morgan fingerprint density at radius 1 is 1.16 bits per heavy atom. The summed E-state index contributed by atoms with van der Waals surface area (Å²) < 4.78 is 0. The number of rotatable bonds is 5. The minimum absolute atomic E-state index is 0.113. The third-order valence-corrected chi connectivity index (χ3v) is 4.91. The molecule has 2 saturated heterocycles. The highest BCUT2D eigenvalue weighted by molar-refractivity contribution is 6.01. The van der Waals surface area contributed by atoms with Gasteiger partial charge in [-0.2, -0.15) is 0 Å². The Hall–Kier alpha value is -2.41. The summed E-state index contributed by atoms with van der Waals surface area (Å²) in [4.78, 5) is 35.7. The maximum absolute atomic E-state index is 11.8. The molecule has 2 fully saturated rings. The summed E-state index contributed by atoms with van der Waals surface area (Å²) >= 11 is 0. The van der Waals surface area contributed by atoms with Gasteiger partial charge in [0.25, 0.3) is 0 Å². The van der Waals surface area contributed by atoms with Crippen molar-refractivity contribution in [2.24, 2.45) is 0 Å². The SMILES string of the molecule is O=C(O)CN1CCC(c2ccc(NC3CCC(=O)NC3=O)cc2)CC1. The van der Waals surface area contributed by atoms with E-state index in [0.717, 1.165) is 31.6 Å². The Morgan fingerprint density at radius 3 is 2.44 bits per heavy atom. The molecule has 0 spiro atoms. The second-order valence-corrected chi connectivity index (χ2v) is 6.71. The van der Waals surface area contributed by atoms with Crippen LogP contribution in [0.1, 0.15) is 37.2 Å². The highest BCUT2D eigenvalue weighted by Crippen LogP contribution is 2.29. The summed E-state index contributed by atoms with van der Waals surface area (Å²) in [5.41, 5.74) is 2.10. The molecule has 3 rings (SSSR count). The van der Waals surface area contributed by atoms with Crippen LogP contribution in [0.25, 0.3) is 0 Å². The van der Waals surface area contributed by atoms with Gasteiger partial charge in [-0.1, -0.05) is 12.1 Å². The molecule has 0 aliphatic carbocycles. The smallest absolute Gasteiger partial charge is 0.317 e. The van der Waals surface area contributed by atoms with Crippen LogP contribution in [-0.2, 0) is 14.4 Å². The van der Waals surface area contributed by atoms with Gasteiger partial charge in [0.1, 0.15) is 6.04 Å². The monoisotopic (exact) mass is 345 g/mol. The lowest BCUT2D eigenvalue weighted by Gasteiger charge is -2.31. The lowest BCUT2D eigenvalue weighted by molar-refractivity contribution is -0.138. The number of imide groups is 1. The number of hydrogen-bond acceptors (Lipinski definition) is 5. The van der Waals surface area contributed by atoms with Gasteiger partial charge in [-0.05, 0) is 56.0 Å². The first-order valence-electron chi connectivity index (χ1n) is 8.65. The van der Waals surface area contributed by atoms with Gasteiger partial charge in [-0.15, -0.1) is 0 Å². The largest absolute Gasteiger partial charge is 0.480 e. The second-order valence-electron chi connectivity index (χ2n) is 6.71. The van der Waals surface area contributed by atoms with Gasteiger partial charge in [0.2, 0.25) is 11.8 Å². The van der Waals surface area contributed by atoms with E-state index in [1.165, 1.54) is 5.56 Å². The van der Waals surface area contributed by atoms with Crippen LogP contribution in [0.15, 0.2) is 24.3 Å². The van der Waals surface area contributed by atoms with Crippen LogP contribution in [0.5, 0.6) is 0 Å². The molecule has 1 unspecified atom stereocenters. The van der Waals surface area contributed by atoms with E-state index in [0.29, 0.717) is 18.8 Å². The summed E-state index contributed by atoms with van der Waals surface area (Å²) in [7, 11) is 0. The van der Waals surface area contributed by atoms with Crippen molar-refractivity contribution < 1.29 is 19.5 Å². The number of hydrogen-bond donors (Lipinski definition) is 3. The van der Waals surface area contributed by atoms with Gasteiger partial charge >= 0.3 is 5.97 Å². The number of carboxylic acid groups (broad SMARTS) is 1. The van der Waals surface area contributed by atoms with Crippen molar-refractivity contribution in [3.05, 3.63) is 29.8 Å². The molecule has 7 nitrogen and oxygen atoms in total. The van der Waals surface area contributed by atoms with E-state index in [9.17, 15) is 14.4 Å². The normalized spacial score (nSPS) is 22.5. The fourth-order valence-corrected chi connectivity index (χ4v) is 3.50. The van der Waals surface area contributed by atoms with Gasteiger partial charge in [-0.25, -0.2) is 0 Å². The van der Waals surface area contributed by atoms with E-state index >= 15 is 0 Å². The van der Waals surface area contributed by atoms with Crippen molar-refractivity contribution in [3.63, 3.8) is 0 Å². The van der Waals surface area contributed by atoms with E-state index in [1.54, 1.807) is 0 Å². The van der Waals surface area contributed by atoms with E-state index in [1.807, 2.05) is 17.0 Å². The fourth-order valence-electron chi connectivity index (χ4n) is 3.50. The molecule has 0 aromatic heterocycles. The Labute approximate surface area is 146 Å². The number of benzene rings is 1. The van der Waals surface area contributed by atoms with Crippen LogP contribution in [-0.4, -0.2) is 53.5 Å². The van der Waals surface area contributed by atoms with Crippen molar-refractivity contribution in [2.75, 3.05) is 25.0 Å². The van der Waals surface area contributed by atoms with Crippen LogP contribution in [0, 0.1) is 0 Å². The van der Waals surface area contributed by atoms with Crippen molar-refractivity contribution in [1.29, 1.82) is 0 Å². The molecule has 1 atom stereocenters. The number of carbonyl (C=O) groups excluding carboxylic acids is 2. The summed E-state index contributed by atoms with van der Waals surface area (Å²) in [6.07, 6.45) is 2.77. The van der Waals surface area contributed by atoms with Crippen molar-refractivity contribution in [1.82, 2.24) is 10.2 Å². The molecule has 7 heteroatoms. The van der Waals surface area contributed by atoms with Gasteiger partial charge in [0, 0.05) is 12.1 Å². The fraction of sp³-hybridized carbons (Fsp3) is 0.500. The first-order chi connectivity index (χ1) is 12.0. The predicted molar refractivity (Wildman–Crippen MR) is 92.3 cm³/mol. The molecule has 0 saturated carbocycles. The standard InChI is InChI=1S/C18H23N3O4/c22-16-6-5-15(18(25)20-16)19-14-3-1-12(2-4-14)13-7-9-21(10-8-13)11-17(23)24/h1-4,13,15,19H,5-11H2,(H,23,24)(H,20,22,25). The Kier molecular flexibility index (Phi) is 5.33. The Bertz CT molecular complexity index is 651. The van der Waals surface area contributed by atoms with Crippen LogP contribution < -0.4 is 10.6 Å². The second kappa shape index (κ2) is 7.65. The molecular formula is C18H23N3O4. The number of nitrogens with zero attached hydrogens (tertiary/aromatic N) is 1. The zero-order chi connectivity index (χ0) is 17.8. The van der Waals surface area contributed by atoms with Crippen molar-refractivity contribution in [2.45, 2.75) is 37.6 Å². The third-order valence-electron chi connectivity index (χ3n) is 4.91. The van der Waals surface area contributed by atoms with Crippen LogP contribution in [0.3, 0.4) is 0 Å². The first-order valence-corrected chi connectivity index (χ1v) is 8.65. The van der Waals surface area contributed by atoms with Crippen LogP contribution >= 0.6 is 0 Å². The van der Waals surface area contributed by atoms with E-state index < -0.39 is 5.97 Å². The third kappa shape index (κ3) is 4.57. The van der Waals surface area contributed by atoms with Gasteiger partial charge in [-0.3, -0.25) is 24.6 Å². The molecule has 0 bridgehead atoms. The minimum Gasteiger partial charge on any atom is -0.480 e. The average molecular weight is 345 g/mol. The quantitative estimate of drug-likeness (QED) is 0.693. The molecule has 2 heterocycles. The zero-order valence-corrected chi connectivity index (χ0v) is 14.0. The zero-order valence-electron chi connectivity index (χ0n) is 14.0. The Morgan fingerprint density at radius 2 is 1.84 bits per heavy atom. The number of anilines is 1. The molecule has 1 aromatic rings.